The van der Waals surface area contributed by atoms with Gasteiger partial charge in [-0.2, -0.15) is 5.09 Å². The molecule has 1 aliphatic rings. The van der Waals surface area contributed by atoms with E-state index in [1.165, 1.54) is 25.7 Å². The Morgan fingerprint density at radius 2 is 2.30 bits per heavy atom. The first-order valence-corrected chi connectivity index (χ1v) is 5.07. The van der Waals surface area contributed by atoms with Crippen LogP contribution in [0.4, 0.5) is 0 Å². The molecule has 3 heteroatoms. The van der Waals surface area contributed by atoms with Crippen LogP contribution in [0.25, 0.3) is 0 Å². The summed E-state index contributed by atoms with van der Waals surface area (Å²) in [5.74, 6) is 0.831. The number of rotatable bonds is 2. The van der Waals surface area contributed by atoms with Crippen LogP contribution in [0.5, 0.6) is 0 Å². The first-order chi connectivity index (χ1) is 4.83. The van der Waals surface area contributed by atoms with Crippen molar-refractivity contribution in [3.05, 3.63) is 0 Å². The summed E-state index contributed by atoms with van der Waals surface area (Å²) in [5.41, 5.74) is 0. The highest BCUT2D eigenvalue weighted by molar-refractivity contribution is 7.26. The largest absolute Gasteiger partial charge is 0.669 e. The molecule has 0 saturated heterocycles. The fourth-order valence-electron chi connectivity index (χ4n) is 1.68. The molecule has 0 aromatic carbocycles. The van der Waals surface area contributed by atoms with Gasteiger partial charge in [-0.05, 0) is 18.8 Å². The van der Waals surface area contributed by atoms with Crippen LogP contribution >= 0.6 is 8.96 Å². The molecule has 0 spiro atoms. The topological polar surface area (TPSA) is 35.1 Å². The highest BCUT2D eigenvalue weighted by Crippen LogP contribution is 2.24. The molecular weight excluding hydrogens is 145 g/mol. The summed E-state index contributed by atoms with van der Waals surface area (Å²) in [6.45, 7) is 2.27. The lowest BCUT2D eigenvalue weighted by molar-refractivity contribution is -0.153. The SMILES string of the molecule is CC1CCCC(N[PH2+][O-])C1. The van der Waals surface area contributed by atoms with Crippen molar-refractivity contribution in [1.82, 2.24) is 5.09 Å². The van der Waals surface area contributed by atoms with Crippen molar-refractivity contribution in [2.45, 2.75) is 38.6 Å². The zero-order chi connectivity index (χ0) is 7.40. The molecule has 60 valence electrons. The van der Waals surface area contributed by atoms with Crippen LogP contribution < -0.4 is 9.98 Å². The third kappa shape index (κ3) is 2.53. The molecule has 0 aromatic rings. The van der Waals surface area contributed by atoms with Crippen molar-refractivity contribution in [2.24, 2.45) is 5.92 Å². The summed E-state index contributed by atoms with van der Waals surface area (Å²) in [6.07, 6.45) is 5.10. The zero-order valence-electron chi connectivity index (χ0n) is 6.47. The average molecular weight is 161 g/mol. The van der Waals surface area contributed by atoms with Crippen LogP contribution in [0.15, 0.2) is 0 Å². The van der Waals surface area contributed by atoms with Crippen LogP contribution in [0.3, 0.4) is 0 Å². The molecule has 0 aromatic heterocycles. The summed E-state index contributed by atoms with van der Waals surface area (Å²) in [7, 11) is -0.738. The van der Waals surface area contributed by atoms with E-state index in [0.717, 1.165) is 5.92 Å². The maximum Gasteiger partial charge on any atom is 0.0409 e. The second-order valence-electron chi connectivity index (χ2n) is 3.25. The quantitative estimate of drug-likeness (QED) is 0.607. The molecule has 2 nitrogen and oxygen atoms in total. The van der Waals surface area contributed by atoms with E-state index >= 15 is 0 Å². The Balaban J connectivity index is 2.18. The minimum atomic E-state index is -0.738. The standard InChI is InChI=1S/C7H16NOP/c1-6-3-2-4-7(5-6)8-10-9/h6-8H,2-5,10H2,1H3. The molecule has 1 rings (SSSR count). The lowest BCUT2D eigenvalue weighted by Crippen LogP contribution is -2.29. The van der Waals surface area contributed by atoms with Crippen molar-refractivity contribution < 1.29 is 4.89 Å². The van der Waals surface area contributed by atoms with Gasteiger partial charge in [0.2, 0.25) is 0 Å². The van der Waals surface area contributed by atoms with E-state index in [0.29, 0.717) is 6.04 Å². The van der Waals surface area contributed by atoms with E-state index in [4.69, 9.17) is 0 Å². The Kier molecular flexibility index (Phi) is 3.61. The molecule has 0 bridgehead atoms. The van der Waals surface area contributed by atoms with Crippen molar-refractivity contribution in [3.63, 3.8) is 0 Å². The number of nitrogens with one attached hydrogen (secondary N) is 1. The van der Waals surface area contributed by atoms with E-state index in [1.54, 1.807) is 0 Å². The fraction of sp³-hybridized carbons (Fsp3) is 1.00. The van der Waals surface area contributed by atoms with E-state index in [2.05, 4.69) is 12.0 Å². The second kappa shape index (κ2) is 4.27. The molecule has 10 heavy (non-hydrogen) atoms. The number of hydrogen-bond donors (Lipinski definition) is 1. The van der Waals surface area contributed by atoms with Gasteiger partial charge in [0.15, 0.2) is 0 Å². The molecule has 3 atom stereocenters. The molecule has 1 fully saturated rings. The Labute approximate surface area is 64.3 Å². The number of hydrogen-bond acceptors (Lipinski definition) is 2. The summed E-state index contributed by atoms with van der Waals surface area (Å²) >= 11 is 0. The van der Waals surface area contributed by atoms with Gasteiger partial charge < -0.3 is 4.89 Å². The maximum atomic E-state index is 10.3. The molecule has 0 amide bonds. The van der Waals surface area contributed by atoms with Crippen molar-refractivity contribution in [3.8, 4) is 0 Å². The highest BCUT2D eigenvalue weighted by Gasteiger charge is 2.18. The Morgan fingerprint density at radius 3 is 2.90 bits per heavy atom. The summed E-state index contributed by atoms with van der Waals surface area (Å²) < 4.78 is 0. The molecule has 0 aliphatic heterocycles. The van der Waals surface area contributed by atoms with Gasteiger partial charge in [0.25, 0.3) is 0 Å². The summed E-state index contributed by atoms with van der Waals surface area (Å²) in [6, 6.07) is 0.552. The predicted octanol–water partition coefficient (Wildman–Crippen LogP) is 0.756. The van der Waals surface area contributed by atoms with Crippen LogP contribution in [0.2, 0.25) is 0 Å². The predicted molar refractivity (Wildman–Crippen MR) is 44.3 cm³/mol. The van der Waals surface area contributed by atoms with Crippen LogP contribution in [-0.2, 0) is 0 Å². The molecule has 1 saturated carbocycles. The van der Waals surface area contributed by atoms with Crippen LogP contribution in [-0.4, -0.2) is 6.04 Å². The van der Waals surface area contributed by atoms with Gasteiger partial charge in [-0.3, -0.25) is 0 Å². The Morgan fingerprint density at radius 1 is 1.50 bits per heavy atom. The first kappa shape index (κ1) is 8.45. The molecule has 0 heterocycles. The Bertz CT molecular complexity index is 97.6. The van der Waals surface area contributed by atoms with Crippen molar-refractivity contribution in [2.75, 3.05) is 0 Å². The molecule has 3 unspecified atom stereocenters. The minimum absolute atomic E-state index is 0.552. The van der Waals surface area contributed by atoms with Gasteiger partial charge in [-0.25, -0.2) is 0 Å². The minimum Gasteiger partial charge on any atom is -0.669 e. The molecule has 0 radical (unpaired) electrons. The Hall–Kier alpha value is 0.350. The fourth-order valence-corrected chi connectivity index (χ4v) is 2.18. The molecule has 1 N–H and O–H groups in total. The second-order valence-corrected chi connectivity index (χ2v) is 3.82. The summed E-state index contributed by atoms with van der Waals surface area (Å²) in [4.78, 5) is 10.3. The van der Waals surface area contributed by atoms with E-state index in [1.807, 2.05) is 0 Å². The van der Waals surface area contributed by atoms with Crippen LogP contribution in [0.1, 0.15) is 32.6 Å². The van der Waals surface area contributed by atoms with Gasteiger partial charge in [-0.15, -0.1) is 0 Å². The molecular formula is C7H16NOP. The van der Waals surface area contributed by atoms with Gasteiger partial charge in [0, 0.05) is 15.0 Å². The molecule has 1 aliphatic carbocycles. The van der Waals surface area contributed by atoms with E-state index in [9.17, 15) is 4.89 Å². The summed E-state index contributed by atoms with van der Waals surface area (Å²) in [5, 5.41) is 3.04. The van der Waals surface area contributed by atoms with Gasteiger partial charge >= 0.3 is 0 Å². The zero-order valence-corrected chi connectivity index (χ0v) is 7.62. The first-order valence-electron chi connectivity index (χ1n) is 4.02. The third-order valence-electron chi connectivity index (χ3n) is 2.24. The normalized spacial score (nSPS) is 35.4. The monoisotopic (exact) mass is 161 g/mol. The van der Waals surface area contributed by atoms with Gasteiger partial charge in [0.1, 0.15) is 0 Å². The maximum absolute atomic E-state index is 10.3. The van der Waals surface area contributed by atoms with Crippen molar-refractivity contribution >= 4 is 8.96 Å². The third-order valence-corrected chi connectivity index (χ3v) is 2.85. The van der Waals surface area contributed by atoms with E-state index < -0.39 is 8.96 Å². The van der Waals surface area contributed by atoms with E-state index in [-0.39, 0.29) is 0 Å². The highest BCUT2D eigenvalue weighted by atomic mass is 31.1. The lowest BCUT2D eigenvalue weighted by atomic mass is 9.88. The average Bonchev–Trinajstić information content (AvgIpc) is 1.88. The van der Waals surface area contributed by atoms with Gasteiger partial charge in [0.05, 0.1) is 0 Å². The van der Waals surface area contributed by atoms with Gasteiger partial charge in [-0.1, -0.05) is 19.8 Å². The smallest absolute Gasteiger partial charge is 0.0409 e. The lowest BCUT2D eigenvalue weighted by Gasteiger charge is -2.25. The van der Waals surface area contributed by atoms with Crippen LogP contribution in [0, 0.1) is 5.92 Å². The van der Waals surface area contributed by atoms with Crippen molar-refractivity contribution in [1.29, 1.82) is 0 Å².